The summed E-state index contributed by atoms with van der Waals surface area (Å²) in [5.41, 5.74) is 2.02. The van der Waals surface area contributed by atoms with E-state index in [0.717, 1.165) is 10.9 Å². The summed E-state index contributed by atoms with van der Waals surface area (Å²) in [5.74, 6) is 0.0955. The molecule has 0 aliphatic heterocycles. The molecule has 0 atom stereocenters. The van der Waals surface area contributed by atoms with Crippen LogP contribution in [0.3, 0.4) is 0 Å². The number of ether oxygens (including phenoxy) is 1. The second kappa shape index (κ2) is 5.78. The number of halogens is 1. The number of carbonyl (C=O) groups is 1. The average molecular weight is 377 g/mol. The van der Waals surface area contributed by atoms with Crippen LogP contribution in [-0.4, -0.2) is 41.9 Å². The highest BCUT2D eigenvalue weighted by atomic mass is 35.5. The third kappa shape index (κ3) is 2.38. The first-order chi connectivity index (χ1) is 12.0. The molecule has 10 heteroatoms. The van der Waals surface area contributed by atoms with Crippen molar-refractivity contribution in [3.63, 3.8) is 0 Å². The van der Waals surface area contributed by atoms with Crippen molar-refractivity contribution in [1.29, 1.82) is 0 Å². The molecule has 4 heterocycles. The highest BCUT2D eigenvalue weighted by Gasteiger charge is 2.22. The summed E-state index contributed by atoms with van der Waals surface area (Å²) >= 11 is 7.48. The van der Waals surface area contributed by atoms with Gasteiger partial charge in [-0.3, -0.25) is 4.68 Å². The van der Waals surface area contributed by atoms with Gasteiger partial charge in [0.25, 0.3) is 0 Å². The van der Waals surface area contributed by atoms with E-state index < -0.39 is 0 Å². The molecular weight excluding hydrogens is 364 g/mol. The molecule has 4 aromatic heterocycles. The molecule has 0 amide bonds. The molecule has 0 bridgehead atoms. The fourth-order valence-electron chi connectivity index (χ4n) is 2.69. The van der Waals surface area contributed by atoms with Crippen molar-refractivity contribution in [2.45, 2.75) is 13.8 Å². The third-order valence-corrected chi connectivity index (χ3v) is 5.29. The van der Waals surface area contributed by atoms with Crippen LogP contribution in [0.15, 0.2) is 12.5 Å². The van der Waals surface area contributed by atoms with Crippen LogP contribution in [0, 0.1) is 6.92 Å². The zero-order chi connectivity index (χ0) is 17.7. The van der Waals surface area contributed by atoms with Crippen molar-refractivity contribution < 1.29 is 9.53 Å². The SMILES string of the molecule is CCOC(=O)c1sc2ncn3nc(-c4c(Cl)cnn4C)nc3c2c1C. The molecule has 0 spiro atoms. The quantitative estimate of drug-likeness (QED) is 0.511. The lowest BCUT2D eigenvalue weighted by atomic mass is 10.2. The van der Waals surface area contributed by atoms with Crippen molar-refractivity contribution in [2.75, 3.05) is 6.61 Å². The highest BCUT2D eigenvalue weighted by Crippen LogP contribution is 2.33. The van der Waals surface area contributed by atoms with Gasteiger partial charge in [0.05, 0.1) is 23.2 Å². The monoisotopic (exact) mass is 376 g/mol. The number of hydrogen-bond donors (Lipinski definition) is 0. The van der Waals surface area contributed by atoms with E-state index in [4.69, 9.17) is 16.3 Å². The summed E-state index contributed by atoms with van der Waals surface area (Å²) in [6, 6.07) is 0. The van der Waals surface area contributed by atoms with Crippen molar-refractivity contribution in [3.8, 4) is 11.5 Å². The van der Waals surface area contributed by atoms with Crippen LogP contribution in [0.2, 0.25) is 5.02 Å². The Balaban J connectivity index is 1.96. The number of esters is 1. The number of fused-ring (bicyclic) bond motifs is 3. The first kappa shape index (κ1) is 16.0. The van der Waals surface area contributed by atoms with Crippen molar-refractivity contribution in [1.82, 2.24) is 29.4 Å². The number of aryl methyl sites for hydroxylation is 2. The molecule has 4 rings (SSSR count). The highest BCUT2D eigenvalue weighted by molar-refractivity contribution is 7.20. The lowest BCUT2D eigenvalue weighted by Crippen LogP contribution is -2.03. The van der Waals surface area contributed by atoms with Gasteiger partial charge in [0.15, 0.2) is 5.65 Å². The maximum Gasteiger partial charge on any atom is 0.348 e. The van der Waals surface area contributed by atoms with Crippen molar-refractivity contribution >= 4 is 44.8 Å². The van der Waals surface area contributed by atoms with Crippen LogP contribution in [0.4, 0.5) is 0 Å². The van der Waals surface area contributed by atoms with Crippen LogP contribution in [0.5, 0.6) is 0 Å². The van der Waals surface area contributed by atoms with E-state index in [9.17, 15) is 4.79 Å². The molecule has 0 unspecified atom stereocenters. The molecule has 128 valence electrons. The Bertz CT molecular complexity index is 1110. The Morgan fingerprint density at radius 1 is 1.44 bits per heavy atom. The van der Waals surface area contributed by atoms with Gasteiger partial charge in [0.2, 0.25) is 5.82 Å². The van der Waals surface area contributed by atoms with Crippen molar-refractivity contribution in [3.05, 3.63) is 28.0 Å². The number of aromatic nitrogens is 6. The predicted molar refractivity (Wildman–Crippen MR) is 94.1 cm³/mol. The second-order valence-corrected chi connectivity index (χ2v) is 6.78. The van der Waals surface area contributed by atoms with Gasteiger partial charge in [-0.05, 0) is 19.4 Å². The van der Waals surface area contributed by atoms with Gasteiger partial charge in [0, 0.05) is 7.05 Å². The minimum absolute atomic E-state index is 0.323. The molecule has 0 saturated heterocycles. The number of thiophene rings is 1. The maximum atomic E-state index is 12.1. The minimum Gasteiger partial charge on any atom is -0.462 e. The molecule has 4 aromatic rings. The fraction of sp³-hybridized carbons (Fsp3) is 0.267. The molecule has 0 fully saturated rings. The second-order valence-electron chi connectivity index (χ2n) is 5.37. The van der Waals surface area contributed by atoms with E-state index in [1.807, 2.05) is 6.92 Å². The van der Waals surface area contributed by atoms with Crippen LogP contribution in [0.25, 0.3) is 27.4 Å². The van der Waals surface area contributed by atoms with Crippen LogP contribution in [-0.2, 0) is 11.8 Å². The first-order valence-corrected chi connectivity index (χ1v) is 8.70. The Morgan fingerprint density at radius 2 is 2.24 bits per heavy atom. The molecule has 0 aliphatic carbocycles. The van der Waals surface area contributed by atoms with E-state index in [-0.39, 0.29) is 5.97 Å². The topological polar surface area (TPSA) is 87.2 Å². The lowest BCUT2D eigenvalue weighted by molar-refractivity contribution is 0.0531. The van der Waals surface area contributed by atoms with Crippen LogP contribution in [0.1, 0.15) is 22.2 Å². The van der Waals surface area contributed by atoms with Crippen LogP contribution < -0.4 is 0 Å². The smallest absolute Gasteiger partial charge is 0.348 e. The van der Waals surface area contributed by atoms with Gasteiger partial charge in [-0.1, -0.05) is 11.6 Å². The minimum atomic E-state index is -0.351. The number of carbonyl (C=O) groups excluding carboxylic acids is 1. The molecule has 0 N–H and O–H groups in total. The Kier molecular flexibility index (Phi) is 3.69. The van der Waals surface area contributed by atoms with Gasteiger partial charge in [-0.25, -0.2) is 19.3 Å². The summed E-state index contributed by atoms with van der Waals surface area (Å²) in [5, 5.41) is 9.81. The summed E-state index contributed by atoms with van der Waals surface area (Å²) in [6.45, 7) is 3.96. The van der Waals surface area contributed by atoms with Crippen LogP contribution >= 0.6 is 22.9 Å². The molecule has 25 heavy (non-hydrogen) atoms. The first-order valence-electron chi connectivity index (χ1n) is 7.50. The van der Waals surface area contributed by atoms with Gasteiger partial charge < -0.3 is 4.74 Å². The number of hydrogen-bond acceptors (Lipinski definition) is 7. The maximum absolute atomic E-state index is 12.1. The van der Waals surface area contributed by atoms with Gasteiger partial charge >= 0.3 is 5.97 Å². The van der Waals surface area contributed by atoms with Crippen molar-refractivity contribution in [2.24, 2.45) is 7.05 Å². The lowest BCUT2D eigenvalue weighted by Gasteiger charge is -1.99. The summed E-state index contributed by atoms with van der Waals surface area (Å²) < 4.78 is 8.31. The Hall–Kier alpha value is -2.52. The normalized spacial score (nSPS) is 11.5. The standard InChI is InChI=1S/C15H13ClN6O2S/c1-4-24-15(23)11-7(2)9-13-19-12(10-8(16)5-18-21(10)3)20-22(13)6-17-14(9)25-11/h5-6H,4H2,1-3H3. The summed E-state index contributed by atoms with van der Waals surface area (Å²) in [6.07, 6.45) is 3.12. The fourth-order valence-corrected chi connectivity index (χ4v) is 3.98. The number of rotatable bonds is 3. The zero-order valence-corrected chi connectivity index (χ0v) is 15.2. The largest absolute Gasteiger partial charge is 0.462 e. The molecule has 0 aromatic carbocycles. The molecule has 0 saturated carbocycles. The summed E-state index contributed by atoms with van der Waals surface area (Å²) in [4.78, 5) is 22.4. The third-order valence-electron chi connectivity index (χ3n) is 3.83. The van der Waals surface area contributed by atoms with E-state index in [2.05, 4.69) is 20.2 Å². The van der Waals surface area contributed by atoms with E-state index in [1.165, 1.54) is 11.3 Å². The van der Waals surface area contributed by atoms with E-state index in [0.29, 0.717) is 38.5 Å². The van der Waals surface area contributed by atoms with Gasteiger partial charge in [-0.15, -0.1) is 16.4 Å². The Labute approximate surface area is 151 Å². The van der Waals surface area contributed by atoms with E-state index >= 15 is 0 Å². The predicted octanol–water partition coefficient (Wildman–Crippen LogP) is 2.88. The molecule has 0 aliphatic rings. The number of nitrogens with zero attached hydrogens (tertiary/aromatic N) is 6. The summed E-state index contributed by atoms with van der Waals surface area (Å²) in [7, 11) is 1.77. The van der Waals surface area contributed by atoms with Gasteiger partial charge in [-0.2, -0.15) is 5.10 Å². The molecule has 0 radical (unpaired) electrons. The molecule has 8 nitrogen and oxygen atoms in total. The van der Waals surface area contributed by atoms with Gasteiger partial charge in [0.1, 0.15) is 21.7 Å². The van der Waals surface area contributed by atoms with E-state index in [1.54, 1.807) is 35.7 Å². The molecular formula is C15H13ClN6O2S. The Morgan fingerprint density at radius 3 is 2.92 bits per heavy atom. The zero-order valence-electron chi connectivity index (χ0n) is 13.6. The average Bonchev–Trinajstić information content (AvgIpc) is 3.23.